The van der Waals surface area contributed by atoms with Crippen LogP contribution in [-0.4, -0.2) is 14.7 Å². The molecule has 3 N–H and O–H groups in total. The first kappa shape index (κ1) is 13.7. The summed E-state index contributed by atoms with van der Waals surface area (Å²) >= 11 is 0. The lowest BCUT2D eigenvalue weighted by atomic mass is 10.2. The molecule has 0 aliphatic rings. The van der Waals surface area contributed by atoms with Crippen LogP contribution in [0.15, 0.2) is 64.6 Å². The average Bonchev–Trinajstić information content (AvgIpc) is 2.89. The fourth-order valence-electron chi connectivity index (χ4n) is 2.33. The molecule has 0 aliphatic heterocycles. The topological polar surface area (TPSA) is 71.2 Å². The summed E-state index contributed by atoms with van der Waals surface area (Å²) in [5.41, 5.74) is 4.02. The number of rotatable bonds is 3. The van der Waals surface area contributed by atoms with Gasteiger partial charge in [0.05, 0.1) is 11.2 Å². The van der Waals surface area contributed by atoms with Crippen LogP contribution in [0.25, 0.3) is 10.9 Å². The van der Waals surface area contributed by atoms with Crippen molar-refractivity contribution in [3.05, 3.63) is 60.3 Å². The Balaban J connectivity index is 1.99. The number of nitrogens with one attached hydrogen (secondary N) is 1. The van der Waals surface area contributed by atoms with Crippen molar-refractivity contribution in [2.45, 2.75) is 11.8 Å². The molecule has 0 bridgehead atoms. The van der Waals surface area contributed by atoms with Gasteiger partial charge in [-0.05, 0) is 34.7 Å². The fraction of sp³-hybridized carbons (Fsp3) is 0.0625. The summed E-state index contributed by atoms with van der Waals surface area (Å²) in [6.45, 7) is 1.90. The highest BCUT2D eigenvalue weighted by atomic mass is 32.3. The third-order valence-electron chi connectivity index (χ3n) is 3.43. The Morgan fingerprint density at radius 2 is 1.86 bits per heavy atom. The minimum atomic E-state index is -3.11. The fourth-order valence-corrected chi connectivity index (χ4v) is 3.69. The van der Waals surface area contributed by atoms with Gasteiger partial charge in [0.2, 0.25) is 0 Å². The van der Waals surface area contributed by atoms with E-state index in [0.29, 0.717) is 4.90 Å². The molecule has 1 aromatic heterocycles. The van der Waals surface area contributed by atoms with Gasteiger partial charge in [-0.1, -0.05) is 36.4 Å². The quantitative estimate of drug-likeness (QED) is 0.388. The Hall–Kier alpha value is -2.24. The second-order valence-corrected chi connectivity index (χ2v) is 7.09. The van der Waals surface area contributed by atoms with Gasteiger partial charge < -0.3 is 4.98 Å². The Morgan fingerprint density at radius 1 is 1.14 bits per heavy atom. The van der Waals surface area contributed by atoms with Crippen LogP contribution in [0.1, 0.15) is 5.56 Å². The molecular weight excluding hydrogens is 282 g/mol. The summed E-state index contributed by atoms with van der Waals surface area (Å²) in [5.74, 6) is 0. The Bertz CT molecular complexity index is 867. The maximum Gasteiger partial charge on any atom is 0.0889 e. The maximum absolute atomic E-state index is 12.7. The molecule has 0 radical (unpaired) electrons. The van der Waals surface area contributed by atoms with Crippen LogP contribution in [0, 0.1) is 6.92 Å². The number of aromatic amines is 1. The van der Waals surface area contributed by atoms with E-state index in [1.807, 2.05) is 49.4 Å². The normalized spacial score (nSPS) is 13.0. The smallest absolute Gasteiger partial charge is 0.0889 e. The molecule has 0 saturated heterocycles. The number of fused-ring (bicyclic) bond motifs is 1. The van der Waals surface area contributed by atoms with Gasteiger partial charge in [0.15, 0.2) is 0 Å². The van der Waals surface area contributed by atoms with Crippen molar-refractivity contribution in [1.82, 2.24) is 4.98 Å². The van der Waals surface area contributed by atoms with Gasteiger partial charge in [0.25, 0.3) is 0 Å². The summed E-state index contributed by atoms with van der Waals surface area (Å²) in [7, 11) is -3.11. The minimum absolute atomic E-state index is 0.647. The maximum atomic E-state index is 12.7. The minimum Gasteiger partial charge on any atom is -0.359 e. The van der Waals surface area contributed by atoms with Gasteiger partial charge in [0, 0.05) is 22.0 Å². The van der Waals surface area contributed by atoms with Crippen molar-refractivity contribution < 1.29 is 4.21 Å². The number of aliphatic imine (C=N–C) groups is 1. The summed E-state index contributed by atoms with van der Waals surface area (Å²) in [4.78, 5) is 8.12. The molecule has 0 unspecified atom stereocenters. The summed E-state index contributed by atoms with van der Waals surface area (Å²) < 4.78 is 12.7. The van der Waals surface area contributed by atoms with E-state index in [1.54, 1.807) is 12.3 Å². The first-order chi connectivity index (χ1) is 10.1. The average molecular weight is 299 g/mol. The standard InChI is InChI=1S/C16H17N3OS/c1-12-6-2-5-9-16(12)21(17,20)11-19-15-10-18-14-8-4-3-7-13(14)15/h2-11,18,21H,1H3,(H2,17,20)/b19-11+. The van der Waals surface area contributed by atoms with Gasteiger partial charge >= 0.3 is 0 Å². The van der Waals surface area contributed by atoms with Crippen molar-refractivity contribution in [3.8, 4) is 0 Å². The highest BCUT2D eigenvalue weighted by molar-refractivity contribution is 8.13. The van der Waals surface area contributed by atoms with Gasteiger partial charge in [-0.15, -0.1) is 0 Å². The van der Waals surface area contributed by atoms with Crippen LogP contribution in [-0.2, 0) is 10.1 Å². The zero-order valence-corrected chi connectivity index (χ0v) is 12.5. The second kappa shape index (κ2) is 5.27. The molecule has 0 spiro atoms. The molecule has 0 atom stereocenters. The Labute approximate surface area is 124 Å². The molecule has 1 heterocycles. The van der Waals surface area contributed by atoms with E-state index in [9.17, 15) is 4.21 Å². The van der Waals surface area contributed by atoms with Gasteiger partial charge in [-0.3, -0.25) is 9.35 Å². The van der Waals surface area contributed by atoms with E-state index in [4.69, 9.17) is 5.14 Å². The van der Waals surface area contributed by atoms with Crippen molar-refractivity contribution in [2.75, 3.05) is 0 Å². The molecule has 0 amide bonds. The van der Waals surface area contributed by atoms with Crippen molar-refractivity contribution >= 4 is 32.3 Å². The first-order valence-corrected chi connectivity index (χ1v) is 8.48. The lowest BCUT2D eigenvalue weighted by Crippen LogP contribution is -2.25. The predicted molar refractivity (Wildman–Crippen MR) is 89.6 cm³/mol. The van der Waals surface area contributed by atoms with Crippen LogP contribution in [0.3, 0.4) is 0 Å². The summed E-state index contributed by atoms with van der Waals surface area (Å²) in [5, 5.41) is 6.98. The molecule has 0 aliphatic carbocycles. The molecule has 2 aromatic carbocycles. The number of nitrogens with two attached hydrogens (primary N) is 1. The molecule has 4 nitrogen and oxygen atoms in total. The first-order valence-electron chi connectivity index (χ1n) is 6.64. The molecule has 0 fully saturated rings. The van der Waals surface area contributed by atoms with E-state index in [0.717, 1.165) is 22.2 Å². The molecule has 3 aromatic rings. The molecule has 5 heteroatoms. The van der Waals surface area contributed by atoms with E-state index in [1.165, 1.54) is 5.55 Å². The lowest BCUT2D eigenvalue weighted by Gasteiger charge is -2.15. The van der Waals surface area contributed by atoms with Gasteiger partial charge in [0.1, 0.15) is 0 Å². The molecule has 0 saturated carbocycles. The van der Waals surface area contributed by atoms with Crippen molar-refractivity contribution in [3.63, 3.8) is 0 Å². The summed E-state index contributed by atoms with van der Waals surface area (Å²) in [6, 6.07) is 15.3. The van der Waals surface area contributed by atoms with E-state index < -0.39 is 10.1 Å². The number of nitrogens with zero attached hydrogens (tertiary/aromatic N) is 1. The number of benzene rings is 2. The Morgan fingerprint density at radius 3 is 2.67 bits per heavy atom. The van der Waals surface area contributed by atoms with Crippen molar-refractivity contribution in [2.24, 2.45) is 10.1 Å². The third kappa shape index (κ3) is 2.66. The number of aromatic nitrogens is 1. The molecule has 108 valence electrons. The van der Waals surface area contributed by atoms with E-state index in [-0.39, 0.29) is 0 Å². The Kier molecular flexibility index (Phi) is 3.45. The zero-order chi connectivity index (χ0) is 14.9. The molecule has 21 heavy (non-hydrogen) atoms. The number of para-hydroxylation sites is 1. The van der Waals surface area contributed by atoms with Crippen LogP contribution < -0.4 is 5.14 Å². The third-order valence-corrected chi connectivity index (χ3v) is 5.14. The van der Waals surface area contributed by atoms with Crippen LogP contribution in [0.4, 0.5) is 5.69 Å². The van der Waals surface area contributed by atoms with E-state index in [2.05, 4.69) is 9.98 Å². The highest BCUT2D eigenvalue weighted by Crippen LogP contribution is 2.26. The van der Waals surface area contributed by atoms with Crippen molar-refractivity contribution in [1.29, 1.82) is 0 Å². The summed E-state index contributed by atoms with van der Waals surface area (Å²) in [6.07, 6.45) is 1.79. The lowest BCUT2D eigenvalue weighted by molar-refractivity contribution is 0.679. The molecular formula is C16H17N3OS. The van der Waals surface area contributed by atoms with Crippen LogP contribution in [0.5, 0.6) is 0 Å². The number of thiol groups is 1. The van der Waals surface area contributed by atoms with Gasteiger partial charge in [-0.2, -0.15) is 0 Å². The highest BCUT2D eigenvalue weighted by Gasteiger charge is 2.12. The van der Waals surface area contributed by atoms with E-state index >= 15 is 0 Å². The molecule has 3 rings (SSSR count). The SMILES string of the molecule is Cc1ccccc1[SH](N)(=O)/C=N/c1c[nH]c2ccccc12. The largest absolute Gasteiger partial charge is 0.359 e. The van der Waals surface area contributed by atoms with Crippen LogP contribution in [0.2, 0.25) is 0 Å². The predicted octanol–water partition coefficient (Wildman–Crippen LogP) is 3.09. The zero-order valence-electron chi connectivity index (χ0n) is 11.7. The number of aryl methyl sites for hydroxylation is 1. The van der Waals surface area contributed by atoms with Crippen LogP contribution >= 0.6 is 0 Å². The monoisotopic (exact) mass is 299 g/mol. The number of hydrogen-bond donors (Lipinski definition) is 3. The van der Waals surface area contributed by atoms with Gasteiger partial charge in [-0.25, -0.2) is 4.99 Å². The second-order valence-electron chi connectivity index (χ2n) is 4.96. The number of H-pyrrole nitrogens is 1. The number of hydrogen-bond acceptors (Lipinski definition) is 2.